The van der Waals surface area contributed by atoms with Crippen LogP contribution in [0.4, 0.5) is 13.2 Å². The predicted octanol–water partition coefficient (Wildman–Crippen LogP) is 2.19. The summed E-state index contributed by atoms with van der Waals surface area (Å²) in [6.07, 6.45) is -3.63. The van der Waals surface area contributed by atoms with E-state index in [0.717, 1.165) is 16.7 Å². The lowest BCUT2D eigenvalue weighted by molar-refractivity contribution is -0.184. The van der Waals surface area contributed by atoms with E-state index in [1.54, 1.807) is 0 Å². The summed E-state index contributed by atoms with van der Waals surface area (Å²) in [6, 6.07) is 4.36. The second-order valence-corrected chi connectivity index (χ2v) is 6.58. The van der Waals surface area contributed by atoms with Crippen molar-refractivity contribution in [2.45, 2.75) is 38.9 Å². The van der Waals surface area contributed by atoms with E-state index in [1.165, 1.54) is 4.90 Å². The molecule has 0 aromatic heterocycles. The average Bonchev–Trinajstić information content (AvgIpc) is 2.54. The number of amides is 1. The fraction of sp³-hybridized carbons (Fsp3) is 0.611. The zero-order valence-electron chi connectivity index (χ0n) is 14.7. The first kappa shape index (κ1) is 19.7. The number of carbonyl (C=O) groups is 1. The molecule has 25 heavy (non-hydrogen) atoms. The molecule has 1 atom stereocenters. The molecular weight excluding hydrogens is 331 g/mol. The van der Waals surface area contributed by atoms with Crippen molar-refractivity contribution in [3.05, 3.63) is 34.9 Å². The van der Waals surface area contributed by atoms with E-state index in [-0.39, 0.29) is 12.3 Å². The number of hydrogen-bond donors (Lipinski definition) is 2. The lowest BCUT2D eigenvalue weighted by atomic mass is 10.0. The molecule has 1 unspecified atom stereocenters. The van der Waals surface area contributed by atoms with Gasteiger partial charge in [-0.3, -0.25) is 9.69 Å². The molecule has 0 aliphatic carbocycles. The van der Waals surface area contributed by atoms with E-state index < -0.39 is 18.8 Å². The van der Waals surface area contributed by atoms with E-state index >= 15 is 0 Å². The van der Waals surface area contributed by atoms with Gasteiger partial charge in [-0.2, -0.15) is 13.2 Å². The molecule has 0 radical (unpaired) electrons. The summed E-state index contributed by atoms with van der Waals surface area (Å²) in [4.78, 5) is 13.4. The Labute approximate surface area is 146 Å². The number of nitrogens with one attached hydrogen (secondary N) is 2. The lowest BCUT2D eigenvalue weighted by Gasteiger charge is -2.35. The van der Waals surface area contributed by atoms with E-state index in [4.69, 9.17) is 0 Å². The monoisotopic (exact) mass is 357 g/mol. The van der Waals surface area contributed by atoms with Crippen molar-refractivity contribution < 1.29 is 18.0 Å². The fourth-order valence-electron chi connectivity index (χ4n) is 3.12. The topological polar surface area (TPSA) is 44.4 Å². The van der Waals surface area contributed by atoms with E-state index in [9.17, 15) is 18.0 Å². The summed E-state index contributed by atoms with van der Waals surface area (Å²) in [7, 11) is 0. The molecule has 1 aromatic carbocycles. The highest BCUT2D eigenvalue weighted by atomic mass is 19.4. The number of carbonyl (C=O) groups excluding carboxylic acids is 1. The van der Waals surface area contributed by atoms with Crippen molar-refractivity contribution in [1.29, 1.82) is 0 Å². The summed E-state index contributed by atoms with van der Waals surface area (Å²) in [5.41, 5.74) is 3.30. The molecular formula is C18H26F3N3O. The molecule has 1 fully saturated rings. The van der Waals surface area contributed by atoms with Crippen LogP contribution in [0, 0.1) is 13.8 Å². The smallest absolute Gasteiger partial charge is 0.354 e. The third kappa shape index (κ3) is 6.01. The fourth-order valence-corrected chi connectivity index (χ4v) is 3.12. The minimum Gasteiger partial charge on any atom is -0.354 e. The van der Waals surface area contributed by atoms with Gasteiger partial charge in [0.05, 0.1) is 0 Å². The van der Waals surface area contributed by atoms with Crippen molar-refractivity contribution >= 4 is 5.91 Å². The van der Waals surface area contributed by atoms with Crippen molar-refractivity contribution in [3.63, 3.8) is 0 Å². The van der Waals surface area contributed by atoms with Gasteiger partial charge in [0.15, 0.2) is 0 Å². The number of alkyl halides is 3. The second kappa shape index (κ2) is 8.67. The van der Waals surface area contributed by atoms with Crippen LogP contribution in [0.3, 0.4) is 0 Å². The van der Waals surface area contributed by atoms with Crippen molar-refractivity contribution in [1.82, 2.24) is 15.5 Å². The van der Waals surface area contributed by atoms with Gasteiger partial charge in [0.1, 0.15) is 6.04 Å². The summed E-state index contributed by atoms with van der Waals surface area (Å²) < 4.78 is 39.8. The Hall–Kier alpha value is -1.60. The van der Waals surface area contributed by atoms with Crippen LogP contribution in [-0.2, 0) is 11.2 Å². The molecule has 0 bridgehead atoms. The summed E-state index contributed by atoms with van der Waals surface area (Å²) in [6.45, 7) is 5.32. The number of piperazine rings is 1. The second-order valence-electron chi connectivity index (χ2n) is 6.58. The first-order valence-corrected chi connectivity index (χ1v) is 8.61. The average molecular weight is 357 g/mol. The van der Waals surface area contributed by atoms with Gasteiger partial charge in [-0.25, -0.2) is 0 Å². The van der Waals surface area contributed by atoms with Crippen LogP contribution in [0.25, 0.3) is 0 Å². The SMILES string of the molecule is Cc1ccc(CCC(=O)NCC(N2CCNCC2)C(F)(F)F)c(C)c1. The van der Waals surface area contributed by atoms with Crippen molar-refractivity contribution in [2.75, 3.05) is 32.7 Å². The predicted molar refractivity (Wildman–Crippen MR) is 91.5 cm³/mol. The summed E-state index contributed by atoms with van der Waals surface area (Å²) in [5, 5.41) is 5.50. The molecule has 0 spiro atoms. The Bertz CT molecular complexity index is 583. The standard InChI is InChI=1S/C18H26F3N3O/c1-13-3-4-15(14(2)11-13)5-6-17(25)23-12-16(18(19,20)21)24-9-7-22-8-10-24/h3-4,11,16,22H,5-10,12H2,1-2H3,(H,23,25). The van der Waals surface area contributed by atoms with Crippen LogP contribution < -0.4 is 10.6 Å². The van der Waals surface area contributed by atoms with E-state index in [0.29, 0.717) is 32.6 Å². The number of nitrogens with zero attached hydrogens (tertiary/aromatic N) is 1. The minimum absolute atomic E-state index is 0.191. The molecule has 1 aromatic rings. The quantitative estimate of drug-likeness (QED) is 0.820. The molecule has 1 heterocycles. The van der Waals surface area contributed by atoms with Crippen LogP contribution in [0.1, 0.15) is 23.1 Å². The van der Waals surface area contributed by atoms with Crippen molar-refractivity contribution in [3.8, 4) is 0 Å². The molecule has 1 amide bonds. The maximum absolute atomic E-state index is 13.3. The van der Waals surface area contributed by atoms with E-state index in [2.05, 4.69) is 10.6 Å². The maximum Gasteiger partial charge on any atom is 0.405 e. The Morgan fingerprint density at radius 3 is 2.56 bits per heavy atom. The third-order valence-electron chi connectivity index (χ3n) is 4.58. The highest BCUT2D eigenvalue weighted by molar-refractivity contribution is 5.76. The first-order chi connectivity index (χ1) is 11.8. The largest absolute Gasteiger partial charge is 0.405 e. The Morgan fingerprint density at radius 2 is 1.96 bits per heavy atom. The Kier molecular flexibility index (Phi) is 6.84. The molecule has 4 nitrogen and oxygen atoms in total. The lowest BCUT2D eigenvalue weighted by Crippen LogP contribution is -2.57. The number of rotatable bonds is 6. The molecule has 1 aliphatic rings. The van der Waals surface area contributed by atoms with Crippen LogP contribution in [0.15, 0.2) is 18.2 Å². The van der Waals surface area contributed by atoms with Crippen LogP contribution in [0.2, 0.25) is 0 Å². The Balaban J connectivity index is 1.85. The number of benzene rings is 1. The molecule has 7 heteroatoms. The van der Waals surface area contributed by atoms with Gasteiger partial charge in [0.25, 0.3) is 0 Å². The number of aryl methyl sites for hydroxylation is 3. The normalized spacial score (nSPS) is 17.3. The zero-order valence-corrected chi connectivity index (χ0v) is 14.7. The van der Waals surface area contributed by atoms with Gasteiger partial charge >= 0.3 is 6.18 Å². The van der Waals surface area contributed by atoms with Crippen LogP contribution >= 0.6 is 0 Å². The van der Waals surface area contributed by atoms with Crippen LogP contribution in [0.5, 0.6) is 0 Å². The minimum atomic E-state index is -4.35. The molecule has 1 saturated heterocycles. The van der Waals surface area contributed by atoms with E-state index in [1.807, 2.05) is 32.0 Å². The molecule has 0 saturated carbocycles. The maximum atomic E-state index is 13.3. The molecule has 140 valence electrons. The molecule has 2 rings (SSSR count). The zero-order chi connectivity index (χ0) is 18.4. The number of halogens is 3. The van der Waals surface area contributed by atoms with Gasteiger partial charge in [-0.15, -0.1) is 0 Å². The van der Waals surface area contributed by atoms with Crippen LogP contribution in [-0.4, -0.2) is 55.7 Å². The highest BCUT2D eigenvalue weighted by Crippen LogP contribution is 2.24. The van der Waals surface area contributed by atoms with Gasteiger partial charge in [-0.1, -0.05) is 23.8 Å². The van der Waals surface area contributed by atoms with Gasteiger partial charge < -0.3 is 10.6 Å². The molecule has 1 aliphatic heterocycles. The number of hydrogen-bond acceptors (Lipinski definition) is 3. The third-order valence-corrected chi connectivity index (χ3v) is 4.58. The summed E-state index contributed by atoms with van der Waals surface area (Å²) in [5.74, 6) is -0.343. The first-order valence-electron chi connectivity index (χ1n) is 8.61. The Morgan fingerprint density at radius 1 is 1.28 bits per heavy atom. The molecule has 2 N–H and O–H groups in total. The van der Waals surface area contributed by atoms with Gasteiger partial charge in [0.2, 0.25) is 5.91 Å². The summed E-state index contributed by atoms with van der Waals surface area (Å²) >= 11 is 0. The van der Waals surface area contributed by atoms with Crippen molar-refractivity contribution in [2.24, 2.45) is 0 Å². The highest BCUT2D eigenvalue weighted by Gasteiger charge is 2.43. The van der Waals surface area contributed by atoms with Gasteiger partial charge in [-0.05, 0) is 31.4 Å². The van der Waals surface area contributed by atoms with Gasteiger partial charge in [0, 0.05) is 39.1 Å².